The second-order valence-corrected chi connectivity index (χ2v) is 9.52. The molecule has 0 aromatic heterocycles. The van der Waals surface area contributed by atoms with Crippen molar-refractivity contribution in [2.75, 3.05) is 7.05 Å². The molecule has 0 radical (unpaired) electrons. The van der Waals surface area contributed by atoms with E-state index >= 15 is 0 Å². The Morgan fingerprint density at radius 3 is 2.17 bits per heavy atom. The van der Waals surface area contributed by atoms with Crippen molar-refractivity contribution in [2.45, 2.75) is 62.7 Å². The predicted molar refractivity (Wildman–Crippen MR) is 90.1 cm³/mol. The fourth-order valence-electron chi connectivity index (χ4n) is 2.63. The minimum absolute atomic E-state index is 0.0286. The van der Waals surface area contributed by atoms with Crippen LogP contribution >= 0.6 is 0 Å². The first-order valence-electron chi connectivity index (χ1n) is 8.09. The maximum atomic E-state index is 14.6. The molecule has 5 nitrogen and oxygen atoms in total. The van der Waals surface area contributed by atoms with Gasteiger partial charge in [-0.15, -0.1) is 0 Å². The molecule has 0 atom stereocenters. The lowest BCUT2D eigenvalue weighted by molar-refractivity contribution is 0.00578. The molecule has 132 valence electrons. The van der Waals surface area contributed by atoms with Gasteiger partial charge in [0.05, 0.1) is 16.1 Å². The molecule has 8 heteroatoms. The van der Waals surface area contributed by atoms with Gasteiger partial charge in [-0.05, 0) is 52.7 Å². The molecule has 1 aliphatic heterocycles. The zero-order valence-electron chi connectivity index (χ0n) is 14.7. The van der Waals surface area contributed by atoms with Crippen LogP contribution in [0.3, 0.4) is 0 Å². The van der Waals surface area contributed by atoms with Crippen molar-refractivity contribution in [1.29, 1.82) is 0 Å². The van der Waals surface area contributed by atoms with Crippen LogP contribution in [0, 0.1) is 5.82 Å². The van der Waals surface area contributed by atoms with Gasteiger partial charge in [-0.1, -0.05) is 6.07 Å². The molecule has 2 fully saturated rings. The fourth-order valence-corrected chi connectivity index (χ4v) is 4.06. The number of sulfonamides is 1. The lowest BCUT2D eigenvalue weighted by Crippen LogP contribution is -2.41. The average molecular weight is 355 g/mol. The van der Waals surface area contributed by atoms with Gasteiger partial charge in [0.1, 0.15) is 5.82 Å². The largest absolute Gasteiger partial charge is 0.497 e. The van der Waals surface area contributed by atoms with Gasteiger partial charge in [0.2, 0.25) is 10.0 Å². The van der Waals surface area contributed by atoms with E-state index in [4.69, 9.17) is 9.31 Å². The number of hydrogen-bond donors (Lipinski definition) is 0. The number of benzene rings is 1. The van der Waals surface area contributed by atoms with Crippen LogP contribution in [0.15, 0.2) is 23.1 Å². The Balaban J connectivity index is 1.89. The Bertz CT molecular complexity index is 745. The summed E-state index contributed by atoms with van der Waals surface area (Å²) >= 11 is 0. The van der Waals surface area contributed by atoms with Gasteiger partial charge in [-0.25, -0.2) is 12.8 Å². The molecule has 0 unspecified atom stereocenters. The average Bonchev–Trinajstić information content (AvgIpc) is 3.26. The molecule has 0 spiro atoms. The third-order valence-corrected chi connectivity index (χ3v) is 7.12. The van der Waals surface area contributed by atoms with Crippen LogP contribution in [0.25, 0.3) is 0 Å². The fraction of sp³-hybridized carbons (Fsp3) is 0.625. The Labute approximate surface area is 143 Å². The summed E-state index contributed by atoms with van der Waals surface area (Å²) in [5.41, 5.74) is -0.955. The van der Waals surface area contributed by atoms with Gasteiger partial charge < -0.3 is 9.31 Å². The molecular formula is C16H23BFNO4S. The van der Waals surface area contributed by atoms with Gasteiger partial charge in [0.15, 0.2) is 0 Å². The number of halogens is 1. The monoisotopic (exact) mass is 355 g/mol. The Morgan fingerprint density at radius 2 is 1.71 bits per heavy atom. The summed E-state index contributed by atoms with van der Waals surface area (Å²) in [6, 6.07) is 3.93. The summed E-state index contributed by atoms with van der Waals surface area (Å²) < 4.78 is 52.6. The summed E-state index contributed by atoms with van der Waals surface area (Å²) in [7, 11) is -2.99. The standard InChI is InChI=1S/C16H23BFNO4S/c1-15(2)16(3,4)23-17(22-15)13-9-8-12(10-14(13)18)24(20,21)19(5)11-6-7-11/h8-11H,6-7H2,1-5H3. The van der Waals surface area contributed by atoms with Crippen molar-refractivity contribution >= 4 is 22.6 Å². The Hall–Kier alpha value is -0.955. The van der Waals surface area contributed by atoms with Crippen LogP contribution < -0.4 is 5.46 Å². The van der Waals surface area contributed by atoms with Crippen molar-refractivity contribution in [1.82, 2.24) is 4.31 Å². The van der Waals surface area contributed by atoms with E-state index in [2.05, 4.69) is 0 Å². The summed E-state index contributed by atoms with van der Waals surface area (Å²) in [6.07, 6.45) is 1.70. The zero-order valence-corrected chi connectivity index (χ0v) is 15.5. The van der Waals surface area contributed by atoms with Crippen LogP contribution in [-0.2, 0) is 19.3 Å². The molecule has 0 bridgehead atoms. The van der Waals surface area contributed by atoms with Crippen LogP contribution in [0.1, 0.15) is 40.5 Å². The molecule has 1 aromatic carbocycles. The molecule has 1 saturated heterocycles. The third-order valence-electron chi connectivity index (χ3n) is 5.22. The van der Waals surface area contributed by atoms with Crippen molar-refractivity contribution in [2.24, 2.45) is 0 Å². The molecule has 1 aromatic rings. The van der Waals surface area contributed by atoms with E-state index in [1.54, 1.807) is 0 Å². The molecule has 0 amide bonds. The van der Waals surface area contributed by atoms with E-state index < -0.39 is 34.2 Å². The second-order valence-electron chi connectivity index (χ2n) is 7.52. The molecule has 1 aliphatic carbocycles. The zero-order chi connectivity index (χ0) is 17.9. The highest BCUT2D eigenvalue weighted by Gasteiger charge is 2.52. The van der Waals surface area contributed by atoms with Crippen LogP contribution in [0.5, 0.6) is 0 Å². The first-order valence-corrected chi connectivity index (χ1v) is 9.53. The third kappa shape index (κ3) is 2.89. The molecule has 3 rings (SSSR count). The Morgan fingerprint density at radius 1 is 1.17 bits per heavy atom. The summed E-state index contributed by atoms with van der Waals surface area (Å²) in [4.78, 5) is -0.0466. The summed E-state index contributed by atoms with van der Waals surface area (Å²) in [5, 5.41) is 0. The van der Waals surface area contributed by atoms with Crippen molar-refractivity contribution < 1.29 is 22.1 Å². The Kier molecular flexibility index (Phi) is 4.11. The molecule has 1 heterocycles. The van der Waals surface area contributed by atoms with Crippen LogP contribution in [0.4, 0.5) is 4.39 Å². The van der Waals surface area contributed by atoms with Crippen molar-refractivity contribution in [3.8, 4) is 0 Å². The smallest absolute Gasteiger partial charge is 0.399 e. The van der Waals surface area contributed by atoms with E-state index in [9.17, 15) is 12.8 Å². The number of hydrogen-bond acceptors (Lipinski definition) is 4. The maximum Gasteiger partial charge on any atom is 0.497 e. The molecule has 0 N–H and O–H groups in total. The summed E-state index contributed by atoms with van der Waals surface area (Å²) in [6.45, 7) is 7.53. The topological polar surface area (TPSA) is 55.8 Å². The van der Waals surface area contributed by atoms with Crippen molar-refractivity contribution in [3.05, 3.63) is 24.0 Å². The highest BCUT2D eigenvalue weighted by atomic mass is 32.2. The molecule has 24 heavy (non-hydrogen) atoms. The molecular weight excluding hydrogens is 332 g/mol. The van der Waals surface area contributed by atoms with Gasteiger partial charge in [0.25, 0.3) is 0 Å². The van der Waals surface area contributed by atoms with E-state index in [0.29, 0.717) is 0 Å². The minimum Gasteiger partial charge on any atom is -0.399 e. The SMILES string of the molecule is CN(C1CC1)S(=O)(=O)c1ccc(B2OC(C)(C)C(C)(C)O2)c(F)c1. The molecule has 1 saturated carbocycles. The van der Waals surface area contributed by atoms with Gasteiger partial charge in [0, 0.05) is 18.6 Å². The number of rotatable bonds is 4. The van der Waals surface area contributed by atoms with Gasteiger partial charge in [-0.3, -0.25) is 0 Å². The lowest BCUT2D eigenvalue weighted by atomic mass is 9.79. The highest BCUT2D eigenvalue weighted by Crippen LogP contribution is 2.37. The lowest BCUT2D eigenvalue weighted by Gasteiger charge is -2.32. The summed E-state index contributed by atoms with van der Waals surface area (Å²) in [5.74, 6) is -0.640. The van der Waals surface area contributed by atoms with E-state index in [1.807, 2.05) is 27.7 Å². The van der Waals surface area contributed by atoms with Gasteiger partial charge >= 0.3 is 7.12 Å². The molecule has 2 aliphatic rings. The van der Waals surface area contributed by atoms with E-state index in [-0.39, 0.29) is 16.4 Å². The highest BCUT2D eigenvalue weighted by molar-refractivity contribution is 7.89. The quantitative estimate of drug-likeness (QED) is 0.775. The normalized spacial score (nSPS) is 23.0. The predicted octanol–water partition coefficient (Wildman–Crippen LogP) is 1.91. The minimum atomic E-state index is -3.67. The van der Waals surface area contributed by atoms with E-state index in [0.717, 1.165) is 18.9 Å². The van der Waals surface area contributed by atoms with Gasteiger partial charge in [-0.2, -0.15) is 4.31 Å². The first kappa shape index (κ1) is 17.9. The maximum absolute atomic E-state index is 14.6. The second kappa shape index (κ2) is 5.52. The van der Waals surface area contributed by atoms with Crippen LogP contribution in [-0.4, -0.2) is 44.1 Å². The van der Waals surface area contributed by atoms with Crippen molar-refractivity contribution in [3.63, 3.8) is 0 Å². The van der Waals surface area contributed by atoms with E-state index in [1.165, 1.54) is 23.5 Å². The number of nitrogens with zero attached hydrogens (tertiary/aromatic N) is 1. The first-order chi connectivity index (χ1) is 11.0. The van der Waals surface area contributed by atoms with Crippen LogP contribution in [0.2, 0.25) is 0 Å².